The summed E-state index contributed by atoms with van der Waals surface area (Å²) in [6, 6.07) is 15.6. The van der Waals surface area contributed by atoms with E-state index in [2.05, 4.69) is 53.2 Å². The molecule has 0 radical (unpaired) electrons. The number of carboxylic acid groups (broad SMARTS) is 2. The second-order valence-electron chi connectivity index (χ2n) is 7.46. The van der Waals surface area contributed by atoms with Crippen molar-refractivity contribution in [2.45, 2.75) is 22.3 Å². The number of fused-ring (bicyclic) bond motifs is 2. The van der Waals surface area contributed by atoms with Crippen LogP contribution in [-0.2, 0) is 16.0 Å². The van der Waals surface area contributed by atoms with Gasteiger partial charge < -0.3 is 15.1 Å². The maximum atomic E-state index is 9.55. The third kappa shape index (κ3) is 6.58. The Morgan fingerprint density at radius 1 is 1.00 bits per heavy atom. The lowest BCUT2D eigenvalue weighted by Gasteiger charge is -2.38. The molecule has 2 N–H and O–H groups in total. The van der Waals surface area contributed by atoms with Crippen molar-refractivity contribution in [1.82, 2.24) is 9.80 Å². The van der Waals surface area contributed by atoms with Crippen LogP contribution in [0.15, 0.2) is 64.4 Å². The number of benzene rings is 2. The maximum Gasteiger partial charge on any atom is 0.328 e. The van der Waals surface area contributed by atoms with Crippen molar-refractivity contribution in [2.24, 2.45) is 0 Å². The van der Waals surface area contributed by atoms with Gasteiger partial charge in [-0.3, -0.25) is 4.90 Å². The van der Waals surface area contributed by atoms with E-state index < -0.39 is 11.9 Å². The van der Waals surface area contributed by atoms with Gasteiger partial charge in [0.1, 0.15) is 0 Å². The molecule has 0 saturated carbocycles. The molecule has 2 heterocycles. The minimum Gasteiger partial charge on any atom is -0.478 e. The van der Waals surface area contributed by atoms with E-state index in [-0.39, 0.29) is 0 Å². The van der Waals surface area contributed by atoms with E-state index in [1.165, 1.54) is 20.9 Å². The van der Waals surface area contributed by atoms with Gasteiger partial charge in [0.05, 0.1) is 0 Å². The van der Waals surface area contributed by atoms with Gasteiger partial charge in [-0.25, -0.2) is 9.59 Å². The van der Waals surface area contributed by atoms with Crippen molar-refractivity contribution in [3.05, 3.63) is 70.8 Å². The Balaban J connectivity index is 0.000000293. The summed E-state index contributed by atoms with van der Waals surface area (Å²) in [6.07, 6.45) is 2.19. The summed E-state index contributed by atoms with van der Waals surface area (Å²) in [6.45, 7) is 4.53. The van der Waals surface area contributed by atoms with Gasteiger partial charge >= 0.3 is 11.9 Å². The fourth-order valence-electron chi connectivity index (χ4n) is 3.68. The van der Waals surface area contributed by atoms with Crippen molar-refractivity contribution in [1.29, 1.82) is 0 Å². The topological polar surface area (TPSA) is 81.1 Å². The first-order valence-electron chi connectivity index (χ1n) is 9.95. The molecule has 2 aromatic rings. The third-order valence-electron chi connectivity index (χ3n) is 5.28. The molecule has 0 aromatic heterocycles. The van der Waals surface area contributed by atoms with Gasteiger partial charge in [0, 0.05) is 59.2 Å². The number of halogens is 1. The molecule has 2 aliphatic heterocycles. The molecule has 31 heavy (non-hydrogen) atoms. The highest BCUT2D eigenvalue weighted by Crippen LogP contribution is 2.43. The van der Waals surface area contributed by atoms with E-state index in [0.29, 0.717) is 18.2 Å². The Hall–Kier alpha value is -2.32. The number of carbonyl (C=O) groups is 2. The smallest absolute Gasteiger partial charge is 0.328 e. The minimum absolute atomic E-state index is 0.425. The average Bonchev–Trinajstić information content (AvgIpc) is 2.90. The lowest BCUT2D eigenvalue weighted by atomic mass is 9.96. The van der Waals surface area contributed by atoms with Gasteiger partial charge in [0.15, 0.2) is 0 Å². The van der Waals surface area contributed by atoms with E-state index in [0.717, 1.165) is 37.6 Å². The van der Waals surface area contributed by atoms with Gasteiger partial charge in [-0.1, -0.05) is 41.6 Å². The molecule has 0 bridgehead atoms. The monoisotopic (exact) mass is 460 g/mol. The van der Waals surface area contributed by atoms with Gasteiger partial charge in [-0.2, -0.15) is 0 Å². The summed E-state index contributed by atoms with van der Waals surface area (Å²) < 4.78 is 0. The Bertz CT molecular complexity index is 958. The van der Waals surface area contributed by atoms with Crippen LogP contribution in [0.25, 0.3) is 0 Å². The number of piperazine rings is 1. The van der Waals surface area contributed by atoms with Crippen LogP contribution in [-0.4, -0.2) is 65.2 Å². The number of hydrogen-bond acceptors (Lipinski definition) is 5. The van der Waals surface area contributed by atoms with E-state index in [9.17, 15) is 9.59 Å². The molecule has 2 aromatic carbocycles. The Morgan fingerprint density at radius 3 is 2.29 bits per heavy atom. The summed E-state index contributed by atoms with van der Waals surface area (Å²) in [7, 11) is 2.21. The number of rotatable bonds is 3. The fraction of sp³-hybridized carbons (Fsp3) is 0.304. The number of carboxylic acids is 2. The summed E-state index contributed by atoms with van der Waals surface area (Å²) in [4.78, 5) is 26.9. The van der Waals surface area contributed by atoms with Crippen LogP contribution in [0.4, 0.5) is 0 Å². The first-order valence-corrected chi connectivity index (χ1v) is 11.1. The quantitative estimate of drug-likeness (QED) is 0.669. The molecule has 0 aliphatic carbocycles. The first kappa shape index (κ1) is 23.3. The minimum atomic E-state index is -1.26. The molecule has 2 aliphatic rings. The Labute approximate surface area is 191 Å². The Kier molecular flexibility index (Phi) is 8.15. The maximum absolute atomic E-state index is 9.55. The SMILES string of the molecule is CN1CCN([C@H]2Cc3ccccc3Sc3ccc(Cl)cc32)CC1.O=C(O)/C=C\C(=O)O. The van der Waals surface area contributed by atoms with Crippen molar-refractivity contribution in [3.63, 3.8) is 0 Å². The lowest BCUT2D eigenvalue weighted by molar-refractivity contribution is -0.134. The van der Waals surface area contributed by atoms with Gasteiger partial charge in [0.25, 0.3) is 0 Å². The molecule has 1 saturated heterocycles. The molecular formula is C23H25ClN2O4S. The second-order valence-corrected chi connectivity index (χ2v) is 8.98. The van der Waals surface area contributed by atoms with Crippen LogP contribution in [0.3, 0.4) is 0 Å². The summed E-state index contributed by atoms with van der Waals surface area (Å²) >= 11 is 8.22. The van der Waals surface area contributed by atoms with E-state index in [4.69, 9.17) is 21.8 Å². The number of aliphatic carboxylic acids is 2. The largest absolute Gasteiger partial charge is 0.478 e. The zero-order chi connectivity index (χ0) is 22.4. The highest BCUT2D eigenvalue weighted by molar-refractivity contribution is 7.99. The van der Waals surface area contributed by atoms with Crippen molar-refractivity contribution in [3.8, 4) is 0 Å². The molecule has 6 nitrogen and oxygen atoms in total. The van der Waals surface area contributed by atoms with Crippen LogP contribution in [0, 0.1) is 0 Å². The highest BCUT2D eigenvalue weighted by Gasteiger charge is 2.29. The highest BCUT2D eigenvalue weighted by atomic mass is 35.5. The molecule has 4 rings (SSSR count). The molecule has 0 amide bonds. The van der Waals surface area contributed by atoms with E-state index >= 15 is 0 Å². The number of likely N-dealkylation sites (N-methyl/N-ethyl adjacent to an activating group) is 1. The zero-order valence-corrected chi connectivity index (χ0v) is 18.8. The molecule has 8 heteroatoms. The van der Waals surface area contributed by atoms with Gasteiger partial charge in [-0.15, -0.1) is 0 Å². The van der Waals surface area contributed by atoms with Gasteiger partial charge in [0.2, 0.25) is 0 Å². The molecule has 164 valence electrons. The normalized spacial score (nSPS) is 19.0. The summed E-state index contributed by atoms with van der Waals surface area (Å²) in [5, 5.41) is 16.5. The zero-order valence-electron chi connectivity index (χ0n) is 17.2. The second kappa shape index (κ2) is 10.8. The third-order valence-corrected chi connectivity index (χ3v) is 6.73. The van der Waals surface area contributed by atoms with Crippen molar-refractivity contribution in [2.75, 3.05) is 33.2 Å². The van der Waals surface area contributed by atoms with Crippen LogP contribution in [0.1, 0.15) is 17.2 Å². The number of hydrogen-bond donors (Lipinski definition) is 2. The molecule has 0 unspecified atom stereocenters. The fourth-order valence-corrected chi connectivity index (χ4v) is 4.98. The lowest BCUT2D eigenvalue weighted by Crippen LogP contribution is -2.46. The van der Waals surface area contributed by atoms with Crippen molar-refractivity contribution >= 4 is 35.3 Å². The predicted octanol–water partition coefficient (Wildman–Crippen LogP) is 4.05. The predicted molar refractivity (Wildman–Crippen MR) is 122 cm³/mol. The number of nitrogens with zero attached hydrogens (tertiary/aromatic N) is 2. The average molecular weight is 461 g/mol. The summed E-state index contributed by atoms with van der Waals surface area (Å²) in [5.74, 6) is -2.51. The first-order chi connectivity index (χ1) is 14.8. The molecule has 0 spiro atoms. The van der Waals surface area contributed by atoms with Crippen LogP contribution < -0.4 is 0 Å². The van der Waals surface area contributed by atoms with Crippen LogP contribution >= 0.6 is 23.4 Å². The van der Waals surface area contributed by atoms with E-state index in [1.54, 1.807) is 0 Å². The van der Waals surface area contributed by atoms with E-state index in [1.807, 2.05) is 17.8 Å². The van der Waals surface area contributed by atoms with Crippen LogP contribution in [0.2, 0.25) is 5.02 Å². The molecule has 1 fully saturated rings. The van der Waals surface area contributed by atoms with Gasteiger partial charge in [-0.05, 0) is 48.9 Å². The summed E-state index contributed by atoms with van der Waals surface area (Å²) in [5.41, 5.74) is 2.84. The molecule has 1 atom stereocenters. The Morgan fingerprint density at radius 2 is 1.65 bits per heavy atom. The van der Waals surface area contributed by atoms with Crippen LogP contribution in [0.5, 0.6) is 0 Å². The van der Waals surface area contributed by atoms with Crippen molar-refractivity contribution < 1.29 is 19.8 Å². The standard InChI is InChI=1S/C19H21ClN2S.C4H4O4/c1-21-8-10-22(11-9-21)17-12-14-4-2-3-5-18(14)23-19-7-6-15(20)13-16(17)19;5-3(6)1-2-4(7)8/h2-7,13,17H,8-12H2,1H3;1-2H,(H,5,6)(H,7,8)/b;2-1-/t17-;/m0./s1. The molecular weight excluding hydrogens is 436 g/mol.